The van der Waals surface area contributed by atoms with Crippen molar-refractivity contribution < 1.29 is 28.3 Å². The van der Waals surface area contributed by atoms with Crippen LogP contribution in [-0.4, -0.2) is 46.4 Å². The van der Waals surface area contributed by atoms with Gasteiger partial charge in [-0.05, 0) is 53.9 Å². The number of Topliss-reactive ketones (excluding diaryl/α,β-unsaturated/α-hetero) is 1. The molecule has 0 aromatic heterocycles. The lowest BCUT2D eigenvalue weighted by molar-refractivity contribution is -0.138. The van der Waals surface area contributed by atoms with E-state index in [1.54, 1.807) is 24.3 Å². The van der Waals surface area contributed by atoms with Gasteiger partial charge in [0.05, 0.1) is 18.0 Å². The summed E-state index contributed by atoms with van der Waals surface area (Å²) in [6, 6.07) is 11.1. The lowest BCUT2D eigenvalue weighted by Crippen LogP contribution is -2.46. The molecular weight excluding hydrogens is 478 g/mol. The Kier molecular flexibility index (Phi) is 7.03. The van der Waals surface area contributed by atoms with Crippen LogP contribution < -0.4 is 5.32 Å². The Morgan fingerprint density at radius 2 is 1.83 bits per heavy atom. The second kappa shape index (κ2) is 10.00. The third-order valence-electron chi connectivity index (χ3n) is 6.17. The van der Waals surface area contributed by atoms with Crippen LogP contribution in [0.3, 0.4) is 0 Å². The monoisotopic (exact) mass is 500 g/mol. The van der Waals surface area contributed by atoms with E-state index in [1.165, 1.54) is 36.1 Å². The summed E-state index contributed by atoms with van der Waals surface area (Å²) in [6.07, 6.45) is -1.70. The number of benzene rings is 1. The molecule has 9 heteroatoms. The average Bonchev–Trinajstić information content (AvgIpc) is 3.31. The molecule has 1 aromatic rings. The summed E-state index contributed by atoms with van der Waals surface area (Å²) >= 11 is 5.77. The van der Waals surface area contributed by atoms with Crippen molar-refractivity contribution in [1.82, 2.24) is 10.2 Å². The number of ketones is 1. The van der Waals surface area contributed by atoms with Gasteiger partial charge >= 0.3 is 0 Å². The largest absolute Gasteiger partial charge is 0.508 e. The van der Waals surface area contributed by atoms with Gasteiger partial charge in [0, 0.05) is 24.1 Å². The number of amides is 2. The molecule has 4 rings (SSSR count). The molecule has 1 saturated heterocycles. The lowest BCUT2D eigenvalue weighted by atomic mass is 10.0. The van der Waals surface area contributed by atoms with E-state index in [9.17, 15) is 28.3 Å². The van der Waals surface area contributed by atoms with Crippen molar-refractivity contribution in [3.63, 3.8) is 0 Å². The zero-order valence-corrected chi connectivity index (χ0v) is 19.6. The summed E-state index contributed by atoms with van der Waals surface area (Å²) in [7, 11) is 0. The van der Waals surface area contributed by atoms with E-state index in [2.05, 4.69) is 5.32 Å². The number of nitrogens with one attached hydrogen (secondary N) is 1. The number of nitrogens with zero attached hydrogens (tertiary/aromatic N) is 1. The Hall–Kier alpha value is -3.52. The molecule has 1 fully saturated rings. The Labute approximate surface area is 205 Å². The van der Waals surface area contributed by atoms with Gasteiger partial charge in [-0.1, -0.05) is 29.8 Å². The van der Waals surface area contributed by atoms with Crippen molar-refractivity contribution in [2.24, 2.45) is 0 Å². The van der Waals surface area contributed by atoms with Crippen molar-refractivity contribution in [2.45, 2.75) is 38.5 Å². The van der Waals surface area contributed by atoms with Gasteiger partial charge in [0.15, 0.2) is 5.78 Å². The molecule has 2 atom stereocenters. The summed E-state index contributed by atoms with van der Waals surface area (Å²) in [5.41, 5.74) is 2.31. The van der Waals surface area contributed by atoms with Crippen molar-refractivity contribution in [3.8, 4) is 16.9 Å². The molecule has 1 heterocycles. The van der Waals surface area contributed by atoms with Crippen LogP contribution in [0.2, 0.25) is 5.02 Å². The van der Waals surface area contributed by atoms with E-state index < -0.39 is 29.8 Å². The first-order valence-corrected chi connectivity index (χ1v) is 11.4. The minimum absolute atomic E-state index is 0.000618. The smallest absolute Gasteiger partial charge is 0.243 e. The maximum absolute atomic E-state index is 14.3. The quantitative estimate of drug-likeness (QED) is 0.494. The van der Waals surface area contributed by atoms with Crippen LogP contribution >= 0.6 is 11.6 Å². The third kappa shape index (κ3) is 5.12. The molecule has 1 aliphatic heterocycles. The minimum atomic E-state index is -1.38. The number of aromatic hydroxyl groups is 1. The highest BCUT2D eigenvalue weighted by Gasteiger charge is 2.40. The fourth-order valence-electron chi connectivity index (χ4n) is 4.41. The van der Waals surface area contributed by atoms with E-state index in [-0.39, 0.29) is 48.0 Å². The Morgan fingerprint density at radius 3 is 2.54 bits per heavy atom. The standard InChI is InChI=1S/C26H23ClF2N2O4/c1-14(32)21-9-16(19-7-5-18(33)6-8-20(19)21)10-24(34)31-13-17(28)11-23(31)26(35)30-12-15-3-2-4-22(27)25(15)29/h2-9,17,23,33H,10-13H2,1H3,(H,30,35)/t17-,23+/m1/s1. The summed E-state index contributed by atoms with van der Waals surface area (Å²) in [5, 5.41) is 12.3. The van der Waals surface area contributed by atoms with Gasteiger partial charge in [-0.2, -0.15) is 0 Å². The fourth-order valence-corrected chi connectivity index (χ4v) is 4.61. The number of alkyl halides is 1. The summed E-state index contributed by atoms with van der Waals surface area (Å²) in [5.74, 6) is -1.92. The highest BCUT2D eigenvalue weighted by Crippen LogP contribution is 2.34. The van der Waals surface area contributed by atoms with Crippen LogP contribution in [0.4, 0.5) is 8.78 Å². The Morgan fingerprint density at radius 1 is 1.11 bits per heavy atom. The molecule has 0 unspecified atom stereocenters. The fraction of sp³-hybridized carbons (Fsp3) is 0.269. The van der Waals surface area contributed by atoms with Crippen LogP contribution in [-0.2, 0) is 22.6 Å². The van der Waals surface area contributed by atoms with E-state index in [0.717, 1.165) is 0 Å². The highest BCUT2D eigenvalue weighted by atomic mass is 35.5. The third-order valence-corrected chi connectivity index (χ3v) is 6.46. The summed E-state index contributed by atoms with van der Waals surface area (Å²) < 4.78 is 28.4. The number of carbonyl (C=O) groups is 3. The molecule has 0 bridgehead atoms. The number of rotatable bonds is 6. The van der Waals surface area contributed by atoms with Gasteiger partial charge in [-0.3, -0.25) is 14.4 Å². The minimum Gasteiger partial charge on any atom is -0.508 e. The van der Waals surface area contributed by atoms with Crippen molar-refractivity contribution in [1.29, 1.82) is 0 Å². The lowest BCUT2D eigenvalue weighted by Gasteiger charge is -2.24. The normalized spacial score (nSPS) is 17.5. The Bertz CT molecular complexity index is 1280. The molecule has 2 amide bonds. The second-order valence-electron chi connectivity index (χ2n) is 8.56. The van der Waals surface area contributed by atoms with Crippen LogP contribution in [0.1, 0.15) is 34.8 Å². The summed E-state index contributed by atoms with van der Waals surface area (Å²) in [4.78, 5) is 39.3. The Balaban J connectivity index is 1.53. The molecule has 2 N–H and O–H groups in total. The molecule has 1 aromatic carbocycles. The van der Waals surface area contributed by atoms with Crippen LogP contribution in [0.15, 0.2) is 48.5 Å². The van der Waals surface area contributed by atoms with Gasteiger partial charge in [-0.25, -0.2) is 8.78 Å². The first-order chi connectivity index (χ1) is 16.7. The molecule has 0 saturated carbocycles. The van der Waals surface area contributed by atoms with Gasteiger partial charge in [0.25, 0.3) is 0 Å². The number of halogens is 3. The van der Waals surface area contributed by atoms with E-state index in [0.29, 0.717) is 22.3 Å². The van der Waals surface area contributed by atoms with Gasteiger partial charge in [-0.15, -0.1) is 0 Å². The SMILES string of the molecule is CC(=O)c1cc(CC(=O)N2C[C@H](F)C[C@H]2C(=O)NCc2cccc(Cl)c2F)c2ccc(O)ccc1-2. The van der Waals surface area contributed by atoms with Gasteiger partial charge < -0.3 is 15.3 Å². The molecule has 0 radical (unpaired) electrons. The zero-order valence-electron chi connectivity index (χ0n) is 18.9. The van der Waals surface area contributed by atoms with E-state index in [1.807, 2.05) is 0 Å². The predicted octanol–water partition coefficient (Wildman–Crippen LogP) is 4.29. The molecule has 3 aliphatic rings. The molecular formula is C26H23ClF2N2O4. The van der Waals surface area contributed by atoms with Gasteiger partial charge in [0.1, 0.15) is 23.8 Å². The van der Waals surface area contributed by atoms with Crippen LogP contribution in [0.25, 0.3) is 11.1 Å². The number of fused-ring (bicyclic) bond motifs is 1. The molecule has 35 heavy (non-hydrogen) atoms. The van der Waals surface area contributed by atoms with Crippen molar-refractivity contribution >= 4 is 29.2 Å². The second-order valence-corrected chi connectivity index (χ2v) is 8.97. The highest BCUT2D eigenvalue weighted by molar-refractivity contribution is 6.30. The number of hydrogen-bond donors (Lipinski definition) is 2. The first-order valence-electron chi connectivity index (χ1n) is 11.1. The number of hydrogen-bond acceptors (Lipinski definition) is 4. The van der Waals surface area contributed by atoms with Crippen LogP contribution in [0.5, 0.6) is 5.75 Å². The summed E-state index contributed by atoms with van der Waals surface area (Å²) in [6.45, 7) is 1.01. The van der Waals surface area contributed by atoms with Crippen molar-refractivity contribution in [2.75, 3.05) is 6.54 Å². The number of carbonyl (C=O) groups excluding carboxylic acids is 3. The predicted molar refractivity (Wildman–Crippen MR) is 127 cm³/mol. The number of likely N-dealkylation sites (tertiary alicyclic amines) is 1. The van der Waals surface area contributed by atoms with Crippen LogP contribution in [0, 0.1) is 5.82 Å². The molecule has 182 valence electrons. The molecule has 6 nitrogen and oxygen atoms in total. The molecule has 2 aliphatic carbocycles. The van der Waals surface area contributed by atoms with E-state index >= 15 is 0 Å². The maximum Gasteiger partial charge on any atom is 0.243 e. The topological polar surface area (TPSA) is 86.7 Å². The van der Waals surface area contributed by atoms with Gasteiger partial charge in [0.2, 0.25) is 11.8 Å². The average molecular weight is 501 g/mol. The zero-order chi connectivity index (χ0) is 25.3. The maximum atomic E-state index is 14.3. The first kappa shape index (κ1) is 24.6. The van der Waals surface area contributed by atoms with Crippen molar-refractivity contribution in [3.05, 3.63) is 76.1 Å². The molecule has 0 spiro atoms. The van der Waals surface area contributed by atoms with E-state index in [4.69, 9.17) is 11.6 Å².